The zero-order chi connectivity index (χ0) is 21.0. The Kier molecular flexibility index (Phi) is 6.93. The highest BCUT2D eigenvalue weighted by Crippen LogP contribution is 2.37. The molecule has 0 aliphatic carbocycles. The van der Waals surface area contributed by atoms with Gasteiger partial charge < -0.3 is 20.1 Å². The Morgan fingerprint density at radius 2 is 1.69 bits per heavy atom. The molecule has 5 atom stereocenters. The molecule has 1 saturated heterocycles. The summed E-state index contributed by atoms with van der Waals surface area (Å²) in [7, 11) is 3.15. The summed E-state index contributed by atoms with van der Waals surface area (Å²) >= 11 is 0. The summed E-state index contributed by atoms with van der Waals surface area (Å²) in [6, 6.07) is 18.3. The second kappa shape index (κ2) is 9.42. The first kappa shape index (κ1) is 21.3. The van der Waals surface area contributed by atoms with Gasteiger partial charge in [-0.2, -0.15) is 0 Å². The third-order valence-electron chi connectivity index (χ3n) is 5.87. The number of carbonyl (C=O) groups excluding carboxylic acids is 1. The standard InChI is InChI=1S/C24H32N2O3/c1-15(2)21(18-13-9-10-14-19(18)28-4)26-23-20(24(27)29-5)16(3)25-22(23)17-11-7-6-8-12-17/h6-16,20-23,25-26H,1-5H3/t16-,20-,21?,22-,23+/m0/s1. The number of rotatable bonds is 7. The van der Waals surface area contributed by atoms with Gasteiger partial charge in [-0.3, -0.25) is 4.79 Å². The summed E-state index contributed by atoms with van der Waals surface area (Å²) in [5.74, 6) is 0.671. The van der Waals surface area contributed by atoms with E-state index >= 15 is 0 Å². The average molecular weight is 397 g/mol. The van der Waals surface area contributed by atoms with E-state index in [-0.39, 0.29) is 36.1 Å². The Morgan fingerprint density at radius 3 is 2.31 bits per heavy atom. The number of hydrogen-bond donors (Lipinski definition) is 2. The number of hydrogen-bond acceptors (Lipinski definition) is 5. The van der Waals surface area contributed by atoms with Crippen LogP contribution in [0.25, 0.3) is 0 Å². The number of carbonyl (C=O) groups is 1. The number of esters is 1. The Morgan fingerprint density at radius 1 is 1.03 bits per heavy atom. The van der Waals surface area contributed by atoms with Gasteiger partial charge in [-0.25, -0.2) is 0 Å². The van der Waals surface area contributed by atoms with E-state index in [0.717, 1.165) is 16.9 Å². The number of para-hydroxylation sites is 1. The van der Waals surface area contributed by atoms with E-state index in [9.17, 15) is 4.79 Å². The molecular formula is C24H32N2O3. The lowest BCUT2D eigenvalue weighted by atomic mass is 9.87. The molecule has 1 aliphatic rings. The van der Waals surface area contributed by atoms with Crippen molar-refractivity contribution in [1.82, 2.24) is 10.6 Å². The largest absolute Gasteiger partial charge is 0.496 e. The molecule has 0 saturated carbocycles. The van der Waals surface area contributed by atoms with Crippen molar-refractivity contribution in [3.8, 4) is 5.75 Å². The van der Waals surface area contributed by atoms with Crippen molar-refractivity contribution in [2.75, 3.05) is 14.2 Å². The molecule has 3 rings (SSSR count). The zero-order valence-corrected chi connectivity index (χ0v) is 17.9. The quantitative estimate of drug-likeness (QED) is 0.696. The van der Waals surface area contributed by atoms with Crippen molar-refractivity contribution in [1.29, 1.82) is 0 Å². The maximum absolute atomic E-state index is 12.7. The Bertz CT molecular complexity index is 809. The number of nitrogens with one attached hydrogen (secondary N) is 2. The molecule has 1 heterocycles. The van der Waals surface area contributed by atoms with Gasteiger partial charge in [0, 0.05) is 29.7 Å². The van der Waals surface area contributed by atoms with E-state index in [0.29, 0.717) is 5.92 Å². The van der Waals surface area contributed by atoms with Gasteiger partial charge in [0.05, 0.1) is 20.1 Å². The van der Waals surface area contributed by atoms with E-state index in [1.165, 1.54) is 7.11 Å². The molecule has 0 aromatic heterocycles. The SMILES string of the molecule is COC(=O)[C@@H]1[C@@H](NC(c2ccccc2OC)C(C)C)[C@H](c2ccccc2)N[C@H]1C. The summed E-state index contributed by atoms with van der Waals surface area (Å²) in [6.45, 7) is 6.41. The second-order valence-electron chi connectivity index (χ2n) is 8.05. The highest BCUT2D eigenvalue weighted by atomic mass is 16.5. The van der Waals surface area contributed by atoms with E-state index in [1.54, 1.807) is 7.11 Å². The lowest BCUT2D eigenvalue weighted by Crippen LogP contribution is -2.45. The monoisotopic (exact) mass is 396 g/mol. The normalized spacial score (nSPS) is 25.0. The Hall–Kier alpha value is -2.37. The Labute approximate surface area is 173 Å². The van der Waals surface area contributed by atoms with Crippen LogP contribution in [0.2, 0.25) is 0 Å². The molecule has 1 unspecified atom stereocenters. The first-order valence-electron chi connectivity index (χ1n) is 10.3. The maximum Gasteiger partial charge on any atom is 0.311 e. The predicted octanol–water partition coefficient (Wildman–Crippen LogP) is 3.87. The van der Waals surface area contributed by atoms with Crippen molar-refractivity contribution in [2.45, 2.75) is 44.9 Å². The molecule has 1 aliphatic heterocycles. The van der Waals surface area contributed by atoms with E-state index in [4.69, 9.17) is 9.47 Å². The first-order valence-corrected chi connectivity index (χ1v) is 10.3. The van der Waals surface area contributed by atoms with Gasteiger partial charge in [-0.15, -0.1) is 0 Å². The van der Waals surface area contributed by atoms with Gasteiger partial charge in [-0.1, -0.05) is 62.4 Å². The molecule has 29 heavy (non-hydrogen) atoms. The van der Waals surface area contributed by atoms with Crippen LogP contribution in [0, 0.1) is 11.8 Å². The molecular weight excluding hydrogens is 364 g/mol. The van der Waals surface area contributed by atoms with Crippen LogP contribution in [-0.4, -0.2) is 32.3 Å². The fourth-order valence-corrected chi connectivity index (χ4v) is 4.43. The minimum Gasteiger partial charge on any atom is -0.496 e. The smallest absolute Gasteiger partial charge is 0.311 e. The summed E-state index contributed by atoms with van der Waals surface area (Å²) in [5.41, 5.74) is 2.26. The molecule has 2 aromatic rings. The molecule has 0 spiro atoms. The summed E-state index contributed by atoms with van der Waals surface area (Å²) in [4.78, 5) is 12.7. The number of methoxy groups -OCH3 is 2. The van der Waals surface area contributed by atoms with Crippen molar-refractivity contribution < 1.29 is 14.3 Å². The average Bonchev–Trinajstić information content (AvgIpc) is 3.07. The van der Waals surface area contributed by atoms with Gasteiger partial charge in [0.25, 0.3) is 0 Å². The lowest BCUT2D eigenvalue weighted by Gasteiger charge is -2.33. The molecule has 5 heteroatoms. The van der Waals surface area contributed by atoms with Crippen LogP contribution in [0.5, 0.6) is 5.75 Å². The van der Waals surface area contributed by atoms with Gasteiger partial charge in [0.2, 0.25) is 0 Å². The lowest BCUT2D eigenvalue weighted by molar-refractivity contribution is -0.146. The predicted molar refractivity (Wildman–Crippen MR) is 115 cm³/mol. The van der Waals surface area contributed by atoms with Gasteiger partial charge in [0.15, 0.2) is 0 Å². The van der Waals surface area contributed by atoms with Crippen molar-refractivity contribution in [3.63, 3.8) is 0 Å². The third-order valence-corrected chi connectivity index (χ3v) is 5.87. The summed E-state index contributed by atoms with van der Waals surface area (Å²) < 4.78 is 10.8. The summed E-state index contributed by atoms with van der Waals surface area (Å²) in [5, 5.41) is 7.42. The molecule has 5 nitrogen and oxygen atoms in total. The molecule has 0 bridgehead atoms. The van der Waals surface area contributed by atoms with Gasteiger partial charge in [-0.05, 0) is 24.5 Å². The van der Waals surface area contributed by atoms with Crippen LogP contribution in [0.1, 0.15) is 44.0 Å². The molecule has 1 fully saturated rings. The maximum atomic E-state index is 12.7. The third kappa shape index (κ3) is 4.46. The van der Waals surface area contributed by atoms with Gasteiger partial charge in [0.1, 0.15) is 5.75 Å². The highest BCUT2D eigenvalue weighted by Gasteiger charge is 2.47. The fraction of sp³-hybridized carbons (Fsp3) is 0.458. The van der Waals surface area contributed by atoms with Crippen molar-refractivity contribution in [2.24, 2.45) is 11.8 Å². The summed E-state index contributed by atoms with van der Waals surface area (Å²) in [6.07, 6.45) is 0. The number of ether oxygens (including phenoxy) is 2. The van der Waals surface area contributed by atoms with Gasteiger partial charge >= 0.3 is 5.97 Å². The molecule has 156 valence electrons. The van der Waals surface area contributed by atoms with Crippen molar-refractivity contribution >= 4 is 5.97 Å². The minimum absolute atomic E-state index is 0.00404. The molecule has 0 amide bonds. The van der Waals surface area contributed by atoms with Crippen LogP contribution in [-0.2, 0) is 9.53 Å². The minimum atomic E-state index is -0.291. The van der Waals surface area contributed by atoms with E-state index in [2.05, 4.69) is 42.7 Å². The first-order chi connectivity index (χ1) is 14.0. The van der Waals surface area contributed by atoms with Crippen LogP contribution in [0.15, 0.2) is 54.6 Å². The van der Waals surface area contributed by atoms with Crippen LogP contribution >= 0.6 is 0 Å². The van der Waals surface area contributed by atoms with Crippen LogP contribution in [0.3, 0.4) is 0 Å². The second-order valence-corrected chi connectivity index (χ2v) is 8.05. The van der Waals surface area contributed by atoms with E-state index in [1.807, 2.05) is 43.3 Å². The topological polar surface area (TPSA) is 59.6 Å². The van der Waals surface area contributed by atoms with Crippen molar-refractivity contribution in [3.05, 3.63) is 65.7 Å². The highest BCUT2D eigenvalue weighted by molar-refractivity contribution is 5.75. The van der Waals surface area contributed by atoms with E-state index < -0.39 is 0 Å². The Balaban J connectivity index is 2.00. The van der Waals surface area contributed by atoms with Crippen LogP contribution < -0.4 is 15.4 Å². The molecule has 2 N–H and O–H groups in total. The zero-order valence-electron chi connectivity index (χ0n) is 17.9. The molecule has 0 radical (unpaired) electrons. The number of benzene rings is 2. The molecule has 2 aromatic carbocycles. The van der Waals surface area contributed by atoms with Crippen LogP contribution in [0.4, 0.5) is 0 Å². The fourth-order valence-electron chi connectivity index (χ4n) is 4.43.